The number of aliphatic hydroxyl groups excluding tert-OH is 1. The van der Waals surface area contributed by atoms with Gasteiger partial charge in [0.25, 0.3) is 0 Å². The molecule has 0 bridgehead atoms. The van der Waals surface area contributed by atoms with Crippen molar-refractivity contribution in [1.29, 1.82) is 0 Å². The molecule has 0 radical (unpaired) electrons. The van der Waals surface area contributed by atoms with Crippen LogP contribution in [0.4, 0.5) is 0 Å². The molecule has 0 aromatic heterocycles. The third-order valence-electron chi connectivity index (χ3n) is 4.85. The van der Waals surface area contributed by atoms with Crippen LogP contribution in [0.15, 0.2) is 18.2 Å². The molecule has 3 heteroatoms. The number of hydrogen-bond acceptors (Lipinski definition) is 3. The number of aliphatic hydroxyl groups is 1. The first-order chi connectivity index (χ1) is 10.2. The Balaban J connectivity index is 2.05. The van der Waals surface area contributed by atoms with E-state index in [9.17, 15) is 5.11 Å². The quantitative estimate of drug-likeness (QED) is 0.809. The number of methoxy groups -OCH3 is 1. The Labute approximate surface area is 128 Å². The van der Waals surface area contributed by atoms with Gasteiger partial charge >= 0.3 is 0 Å². The average Bonchev–Trinajstić information content (AvgIpc) is 2.99. The average molecular weight is 291 g/mol. The van der Waals surface area contributed by atoms with Crippen molar-refractivity contribution in [2.24, 2.45) is 11.7 Å². The summed E-state index contributed by atoms with van der Waals surface area (Å²) < 4.78 is 5.44. The molecule has 2 unspecified atom stereocenters. The normalized spacial score (nSPS) is 18.7. The second-order valence-electron chi connectivity index (χ2n) is 6.38. The van der Waals surface area contributed by atoms with E-state index in [0.717, 1.165) is 30.1 Å². The van der Waals surface area contributed by atoms with E-state index in [0.29, 0.717) is 6.54 Å². The van der Waals surface area contributed by atoms with Gasteiger partial charge < -0.3 is 15.6 Å². The first-order valence-electron chi connectivity index (χ1n) is 8.18. The van der Waals surface area contributed by atoms with Crippen LogP contribution in [-0.4, -0.2) is 24.9 Å². The lowest BCUT2D eigenvalue weighted by Crippen LogP contribution is -2.27. The molecule has 1 fully saturated rings. The van der Waals surface area contributed by atoms with Gasteiger partial charge in [-0.25, -0.2) is 0 Å². The Bertz CT molecular complexity index is 441. The maximum Gasteiger partial charge on any atom is 0.122 e. The molecule has 3 N–H and O–H groups in total. The molecule has 118 valence electrons. The maximum atomic E-state index is 10.6. The predicted molar refractivity (Wildman–Crippen MR) is 86.7 cm³/mol. The Morgan fingerprint density at radius 2 is 2.05 bits per heavy atom. The van der Waals surface area contributed by atoms with Crippen molar-refractivity contribution in [3.05, 3.63) is 29.3 Å². The zero-order valence-corrected chi connectivity index (χ0v) is 13.3. The van der Waals surface area contributed by atoms with Crippen LogP contribution < -0.4 is 10.5 Å². The summed E-state index contributed by atoms with van der Waals surface area (Å²) in [7, 11) is 1.67. The molecule has 2 atom stereocenters. The van der Waals surface area contributed by atoms with Crippen LogP contribution in [0.25, 0.3) is 0 Å². The highest BCUT2D eigenvalue weighted by Crippen LogP contribution is 2.34. The molecule has 1 saturated carbocycles. The fourth-order valence-electron chi connectivity index (χ4n) is 3.54. The Morgan fingerprint density at radius 3 is 2.67 bits per heavy atom. The fourth-order valence-corrected chi connectivity index (χ4v) is 3.54. The minimum atomic E-state index is -0.383. The predicted octanol–water partition coefficient (Wildman–Crippen LogP) is 3.38. The lowest BCUT2D eigenvalue weighted by molar-refractivity contribution is 0.126. The van der Waals surface area contributed by atoms with Gasteiger partial charge in [0.2, 0.25) is 0 Å². The topological polar surface area (TPSA) is 55.5 Å². The lowest BCUT2D eigenvalue weighted by Gasteiger charge is -2.25. The lowest BCUT2D eigenvalue weighted by atomic mass is 9.87. The van der Waals surface area contributed by atoms with Gasteiger partial charge in [0.05, 0.1) is 13.2 Å². The summed E-state index contributed by atoms with van der Waals surface area (Å²) in [5, 5.41) is 10.6. The molecule has 1 aromatic rings. The number of ether oxygens (including phenoxy) is 1. The second-order valence-corrected chi connectivity index (χ2v) is 6.38. The number of aryl methyl sites for hydroxylation is 1. The van der Waals surface area contributed by atoms with E-state index in [1.807, 2.05) is 12.1 Å². The van der Waals surface area contributed by atoms with E-state index in [-0.39, 0.29) is 12.0 Å². The molecule has 1 aliphatic carbocycles. The van der Waals surface area contributed by atoms with Crippen molar-refractivity contribution in [3.63, 3.8) is 0 Å². The summed E-state index contributed by atoms with van der Waals surface area (Å²) in [6, 6.07) is 6.09. The molecule has 21 heavy (non-hydrogen) atoms. The number of benzene rings is 1. The molecule has 3 nitrogen and oxygen atoms in total. The minimum absolute atomic E-state index is 0.0405. The van der Waals surface area contributed by atoms with Gasteiger partial charge in [-0.15, -0.1) is 0 Å². The van der Waals surface area contributed by atoms with Gasteiger partial charge in [-0.05, 0) is 31.7 Å². The molecule has 2 rings (SSSR count). The van der Waals surface area contributed by atoms with E-state index >= 15 is 0 Å². The van der Waals surface area contributed by atoms with Crippen LogP contribution in [0.2, 0.25) is 0 Å². The summed E-state index contributed by atoms with van der Waals surface area (Å²) in [5.41, 5.74) is 8.16. The van der Waals surface area contributed by atoms with Crippen LogP contribution >= 0.6 is 0 Å². The van der Waals surface area contributed by atoms with Gasteiger partial charge in [-0.2, -0.15) is 0 Å². The second kappa shape index (κ2) is 7.81. The Hall–Kier alpha value is -1.06. The fraction of sp³-hybridized carbons (Fsp3) is 0.667. The van der Waals surface area contributed by atoms with Crippen LogP contribution in [-0.2, 0) is 0 Å². The van der Waals surface area contributed by atoms with Crippen molar-refractivity contribution < 1.29 is 9.84 Å². The highest BCUT2D eigenvalue weighted by atomic mass is 16.5. The SMILES string of the molecule is COc1ccc(C)cc1C(CN)C(O)CCC1CCCC1. The Kier molecular flexibility index (Phi) is 6.07. The third kappa shape index (κ3) is 4.21. The molecule has 0 saturated heterocycles. The molecular weight excluding hydrogens is 262 g/mol. The first kappa shape index (κ1) is 16.3. The van der Waals surface area contributed by atoms with E-state index in [2.05, 4.69) is 13.0 Å². The van der Waals surface area contributed by atoms with Crippen LogP contribution in [0.3, 0.4) is 0 Å². The Morgan fingerprint density at radius 1 is 1.33 bits per heavy atom. The number of nitrogens with two attached hydrogens (primary N) is 1. The molecule has 0 amide bonds. The van der Waals surface area contributed by atoms with Crippen molar-refractivity contribution >= 4 is 0 Å². The van der Waals surface area contributed by atoms with Crippen molar-refractivity contribution in [2.45, 2.75) is 57.5 Å². The molecule has 0 aliphatic heterocycles. The van der Waals surface area contributed by atoms with Crippen LogP contribution in [0.1, 0.15) is 55.6 Å². The molecule has 0 heterocycles. The van der Waals surface area contributed by atoms with E-state index < -0.39 is 0 Å². The van der Waals surface area contributed by atoms with Gasteiger partial charge in [0.1, 0.15) is 5.75 Å². The summed E-state index contributed by atoms with van der Waals surface area (Å²) in [6.45, 7) is 2.51. The van der Waals surface area contributed by atoms with Crippen LogP contribution in [0.5, 0.6) is 5.75 Å². The zero-order valence-electron chi connectivity index (χ0n) is 13.3. The van der Waals surface area contributed by atoms with Crippen molar-refractivity contribution in [2.75, 3.05) is 13.7 Å². The molecule has 1 aliphatic rings. The standard InChI is InChI=1S/C18H29NO2/c1-13-7-10-18(21-2)15(11-13)16(12-19)17(20)9-8-14-5-3-4-6-14/h7,10-11,14,16-17,20H,3-6,8-9,12,19H2,1-2H3. The summed E-state index contributed by atoms with van der Waals surface area (Å²) >= 11 is 0. The summed E-state index contributed by atoms with van der Waals surface area (Å²) in [4.78, 5) is 0. The van der Waals surface area contributed by atoms with Crippen molar-refractivity contribution in [1.82, 2.24) is 0 Å². The monoisotopic (exact) mass is 291 g/mol. The minimum Gasteiger partial charge on any atom is -0.496 e. The zero-order chi connectivity index (χ0) is 15.2. The number of hydrogen-bond donors (Lipinski definition) is 2. The molecule has 0 spiro atoms. The van der Waals surface area contributed by atoms with Gasteiger partial charge in [-0.3, -0.25) is 0 Å². The first-order valence-corrected chi connectivity index (χ1v) is 8.18. The number of rotatable bonds is 7. The van der Waals surface area contributed by atoms with Crippen LogP contribution in [0, 0.1) is 12.8 Å². The van der Waals surface area contributed by atoms with Gasteiger partial charge in [0.15, 0.2) is 0 Å². The highest BCUT2D eigenvalue weighted by Gasteiger charge is 2.25. The molecule has 1 aromatic carbocycles. The third-order valence-corrected chi connectivity index (χ3v) is 4.85. The smallest absolute Gasteiger partial charge is 0.122 e. The van der Waals surface area contributed by atoms with Gasteiger partial charge in [-0.1, -0.05) is 43.4 Å². The van der Waals surface area contributed by atoms with E-state index in [4.69, 9.17) is 10.5 Å². The van der Waals surface area contributed by atoms with Gasteiger partial charge in [0, 0.05) is 18.0 Å². The van der Waals surface area contributed by atoms with Crippen molar-refractivity contribution in [3.8, 4) is 5.75 Å². The van der Waals surface area contributed by atoms with E-state index in [1.165, 1.54) is 31.2 Å². The summed E-state index contributed by atoms with van der Waals surface area (Å²) in [5.74, 6) is 1.59. The highest BCUT2D eigenvalue weighted by molar-refractivity contribution is 5.40. The largest absolute Gasteiger partial charge is 0.496 e. The summed E-state index contributed by atoms with van der Waals surface area (Å²) in [6.07, 6.45) is 6.93. The van der Waals surface area contributed by atoms with E-state index in [1.54, 1.807) is 7.11 Å². The molecular formula is C18H29NO2. The maximum absolute atomic E-state index is 10.6.